The maximum Gasteiger partial charge on any atom is 0.240 e. The number of sulfonamides is 2. The van der Waals surface area contributed by atoms with E-state index in [9.17, 15) is 21.6 Å². The topological polar surface area (TPSA) is 121 Å². The van der Waals surface area contributed by atoms with E-state index in [4.69, 9.17) is 0 Å². The fourth-order valence-electron chi connectivity index (χ4n) is 4.34. The van der Waals surface area contributed by atoms with Crippen molar-refractivity contribution in [1.82, 2.24) is 9.44 Å². The summed E-state index contributed by atoms with van der Waals surface area (Å²) in [7, 11) is -6.97. The van der Waals surface area contributed by atoms with Crippen molar-refractivity contribution in [3.05, 3.63) is 24.3 Å². The van der Waals surface area contributed by atoms with E-state index >= 15 is 0 Å². The predicted octanol–water partition coefficient (Wildman–Crippen LogP) is 3.12. The van der Waals surface area contributed by atoms with E-state index in [-0.39, 0.29) is 28.8 Å². The molecule has 0 saturated heterocycles. The molecule has 8 nitrogen and oxygen atoms in total. The van der Waals surface area contributed by atoms with Crippen LogP contribution in [0, 0.1) is 5.92 Å². The number of rotatable bonds is 8. The van der Waals surface area contributed by atoms with Gasteiger partial charge in [-0.05, 0) is 70.6 Å². The van der Waals surface area contributed by atoms with Crippen molar-refractivity contribution in [1.29, 1.82) is 0 Å². The lowest BCUT2D eigenvalue weighted by Gasteiger charge is -2.28. The van der Waals surface area contributed by atoms with Crippen molar-refractivity contribution >= 4 is 31.6 Å². The van der Waals surface area contributed by atoms with Gasteiger partial charge in [0, 0.05) is 23.7 Å². The Morgan fingerprint density at radius 3 is 2.12 bits per heavy atom. The minimum Gasteiger partial charge on any atom is -0.326 e. The van der Waals surface area contributed by atoms with Gasteiger partial charge in [-0.25, -0.2) is 26.3 Å². The maximum atomic E-state index is 12.8. The van der Waals surface area contributed by atoms with Crippen molar-refractivity contribution in [3.8, 4) is 0 Å². The first-order chi connectivity index (χ1) is 15.1. The summed E-state index contributed by atoms with van der Waals surface area (Å²) in [6.45, 7) is 3.28. The Kier molecular flexibility index (Phi) is 8.35. The molecule has 3 N–H and O–H groups in total. The highest BCUT2D eigenvalue weighted by Crippen LogP contribution is 2.27. The number of amides is 1. The second-order valence-corrected chi connectivity index (χ2v) is 13.2. The molecule has 10 heteroatoms. The standard InChI is InChI=1S/C22H35N3O5S2/c1-16(2)31(27,28)24-19-13-11-17(12-14-19)22(26)23-20-9-6-10-21(15-20)32(29,30)25-18-7-4-3-5-8-18/h6,9-10,15-19,24-25H,3-5,7-8,11-14H2,1-2H3,(H,23,26). The van der Waals surface area contributed by atoms with Gasteiger partial charge in [-0.2, -0.15) is 0 Å². The Balaban J connectivity index is 1.56. The van der Waals surface area contributed by atoms with Gasteiger partial charge < -0.3 is 5.32 Å². The summed E-state index contributed by atoms with van der Waals surface area (Å²) in [5.41, 5.74) is 0.448. The van der Waals surface area contributed by atoms with Crippen LogP contribution in [0.15, 0.2) is 29.2 Å². The van der Waals surface area contributed by atoms with Crippen LogP contribution in [0.4, 0.5) is 5.69 Å². The highest BCUT2D eigenvalue weighted by Gasteiger charge is 2.30. The molecule has 1 amide bonds. The molecule has 1 aromatic rings. The van der Waals surface area contributed by atoms with Gasteiger partial charge in [0.2, 0.25) is 26.0 Å². The van der Waals surface area contributed by atoms with Crippen molar-refractivity contribution in [2.75, 3.05) is 5.32 Å². The maximum absolute atomic E-state index is 12.8. The summed E-state index contributed by atoms with van der Waals surface area (Å²) in [5.74, 6) is -0.389. The molecule has 2 aliphatic rings. The number of nitrogens with one attached hydrogen (secondary N) is 3. The Morgan fingerprint density at radius 1 is 0.875 bits per heavy atom. The zero-order valence-corrected chi connectivity index (χ0v) is 20.5. The average molecular weight is 486 g/mol. The molecule has 0 bridgehead atoms. The van der Waals surface area contributed by atoms with Crippen LogP contribution in [-0.4, -0.2) is 40.1 Å². The van der Waals surface area contributed by atoms with Gasteiger partial charge in [0.15, 0.2) is 0 Å². The summed E-state index contributed by atoms with van der Waals surface area (Å²) in [4.78, 5) is 12.9. The first-order valence-corrected chi connectivity index (χ1v) is 14.5. The molecule has 0 spiro atoms. The summed E-state index contributed by atoms with van der Waals surface area (Å²) in [6, 6.07) is 6.15. The van der Waals surface area contributed by atoms with Crippen LogP contribution in [0.5, 0.6) is 0 Å². The van der Waals surface area contributed by atoms with Crippen LogP contribution < -0.4 is 14.8 Å². The van der Waals surface area contributed by atoms with E-state index in [1.165, 1.54) is 12.1 Å². The van der Waals surface area contributed by atoms with E-state index < -0.39 is 25.3 Å². The third-order valence-electron chi connectivity index (χ3n) is 6.39. The van der Waals surface area contributed by atoms with Crippen LogP contribution >= 0.6 is 0 Å². The molecular weight excluding hydrogens is 450 g/mol. The molecule has 3 rings (SSSR count). The molecule has 180 valence electrons. The first kappa shape index (κ1) is 25.1. The third-order valence-corrected chi connectivity index (χ3v) is 9.81. The van der Waals surface area contributed by atoms with E-state index in [0.717, 1.165) is 32.1 Å². The number of anilines is 1. The second kappa shape index (κ2) is 10.6. The molecule has 2 fully saturated rings. The molecule has 0 atom stereocenters. The van der Waals surface area contributed by atoms with E-state index in [1.807, 2.05) is 0 Å². The van der Waals surface area contributed by atoms with Crippen LogP contribution in [-0.2, 0) is 24.8 Å². The monoisotopic (exact) mass is 485 g/mol. The Labute approximate surface area is 192 Å². The summed E-state index contributed by atoms with van der Waals surface area (Å²) >= 11 is 0. The zero-order chi connectivity index (χ0) is 23.4. The van der Waals surface area contributed by atoms with E-state index in [0.29, 0.717) is 31.4 Å². The zero-order valence-electron chi connectivity index (χ0n) is 18.8. The molecule has 2 saturated carbocycles. The van der Waals surface area contributed by atoms with Gasteiger partial charge in [0.05, 0.1) is 10.1 Å². The number of hydrogen-bond acceptors (Lipinski definition) is 5. The largest absolute Gasteiger partial charge is 0.326 e. The number of carbonyl (C=O) groups is 1. The lowest BCUT2D eigenvalue weighted by atomic mass is 9.86. The minimum absolute atomic E-state index is 0.0321. The molecule has 1 aromatic carbocycles. The molecular formula is C22H35N3O5S2. The van der Waals surface area contributed by atoms with Crippen molar-refractivity contribution in [2.45, 2.75) is 93.9 Å². The number of carbonyl (C=O) groups excluding carboxylic acids is 1. The van der Waals surface area contributed by atoms with Gasteiger partial charge in [0.1, 0.15) is 0 Å². The Bertz CT molecular complexity index is 994. The molecule has 0 aliphatic heterocycles. The first-order valence-electron chi connectivity index (χ1n) is 11.5. The summed E-state index contributed by atoms with van der Waals surface area (Å²) in [6.07, 6.45) is 7.28. The van der Waals surface area contributed by atoms with Gasteiger partial charge in [-0.3, -0.25) is 4.79 Å². The Morgan fingerprint density at radius 2 is 1.50 bits per heavy atom. The van der Waals surface area contributed by atoms with Crippen molar-refractivity contribution in [2.24, 2.45) is 5.92 Å². The third kappa shape index (κ3) is 6.76. The van der Waals surface area contributed by atoms with Crippen molar-refractivity contribution < 1.29 is 21.6 Å². The second-order valence-electron chi connectivity index (χ2n) is 9.23. The fraction of sp³-hybridized carbons (Fsp3) is 0.682. The molecule has 2 aliphatic carbocycles. The summed E-state index contributed by atoms with van der Waals surface area (Å²) in [5, 5.41) is 2.35. The summed E-state index contributed by atoms with van der Waals surface area (Å²) < 4.78 is 55.1. The molecule has 0 unspecified atom stereocenters. The predicted molar refractivity (Wildman–Crippen MR) is 125 cm³/mol. The lowest BCUT2D eigenvalue weighted by molar-refractivity contribution is -0.120. The molecule has 0 aromatic heterocycles. The quantitative estimate of drug-likeness (QED) is 0.522. The van der Waals surface area contributed by atoms with Gasteiger partial charge in [0.25, 0.3) is 0 Å². The number of hydrogen-bond donors (Lipinski definition) is 3. The van der Waals surface area contributed by atoms with Gasteiger partial charge >= 0.3 is 0 Å². The highest BCUT2D eigenvalue weighted by atomic mass is 32.2. The van der Waals surface area contributed by atoms with E-state index in [1.54, 1.807) is 26.0 Å². The van der Waals surface area contributed by atoms with Gasteiger partial charge in [-0.1, -0.05) is 25.3 Å². The van der Waals surface area contributed by atoms with Gasteiger partial charge in [-0.15, -0.1) is 0 Å². The number of benzene rings is 1. The molecule has 0 heterocycles. The van der Waals surface area contributed by atoms with Crippen molar-refractivity contribution in [3.63, 3.8) is 0 Å². The van der Waals surface area contributed by atoms with Crippen LogP contribution in [0.1, 0.15) is 71.6 Å². The molecule has 32 heavy (non-hydrogen) atoms. The smallest absolute Gasteiger partial charge is 0.240 e. The molecule has 0 radical (unpaired) electrons. The van der Waals surface area contributed by atoms with Crippen LogP contribution in [0.2, 0.25) is 0 Å². The Hall–Kier alpha value is -1.49. The van der Waals surface area contributed by atoms with Crippen LogP contribution in [0.3, 0.4) is 0 Å². The average Bonchev–Trinajstić information content (AvgIpc) is 2.74. The lowest BCUT2D eigenvalue weighted by Crippen LogP contribution is -2.42. The minimum atomic E-state index is -3.64. The normalized spacial score (nSPS) is 23.2. The fourth-order valence-corrected chi connectivity index (χ4v) is 6.66. The van der Waals surface area contributed by atoms with E-state index in [2.05, 4.69) is 14.8 Å². The van der Waals surface area contributed by atoms with Crippen LogP contribution in [0.25, 0.3) is 0 Å². The highest BCUT2D eigenvalue weighted by molar-refractivity contribution is 7.90. The SMILES string of the molecule is CC(C)S(=O)(=O)NC1CCC(C(=O)Nc2cccc(S(=O)(=O)NC3CCCCC3)c2)CC1.